The average molecular weight is 589 g/mol. The number of nitrogens with two attached hydrogens (primary N) is 1. The maximum absolute atomic E-state index is 13.3. The van der Waals surface area contributed by atoms with E-state index in [4.69, 9.17) is 17.3 Å². The summed E-state index contributed by atoms with van der Waals surface area (Å²) in [6.45, 7) is 3.75. The summed E-state index contributed by atoms with van der Waals surface area (Å²) in [4.78, 5) is 36.0. The lowest BCUT2D eigenvalue weighted by molar-refractivity contribution is -0.141. The van der Waals surface area contributed by atoms with Gasteiger partial charge in [0, 0.05) is 74.5 Å². The van der Waals surface area contributed by atoms with Crippen LogP contribution in [0.1, 0.15) is 43.6 Å². The number of carbonyl (C=O) groups is 2. The monoisotopic (exact) mass is 588 g/mol. The molecule has 0 saturated carbocycles. The molecule has 16 heteroatoms. The molecular weight excluding hydrogens is 563 g/mol. The molecule has 0 atom stereocenters. The molecule has 3 aromatic rings. The van der Waals surface area contributed by atoms with Crippen LogP contribution in [0.5, 0.6) is 0 Å². The zero-order valence-corrected chi connectivity index (χ0v) is 21.8. The molecule has 1 fully saturated rings. The zero-order valence-electron chi connectivity index (χ0n) is 21.0. The standard InChI is InChI=1S/C24H26ClF5N8O2/c25-17-10-13(1-2-15(17)23(40)38-7-5-37(4-3-31)6-8-38)34-22(39)21-32-12-14(33-21)9-16-18(11-19(26)27)35-36-20(16)24(28,29)30/h1-2,10,12,19H,3-9,11,31H2,(H,32,33)(H,34,39)(H,35,36). The van der Waals surface area contributed by atoms with Crippen LogP contribution < -0.4 is 11.1 Å². The number of hydrogen-bond donors (Lipinski definition) is 4. The number of rotatable bonds is 9. The topological polar surface area (TPSA) is 136 Å². The number of hydrogen-bond acceptors (Lipinski definition) is 6. The minimum atomic E-state index is -4.86. The second-order valence-electron chi connectivity index (χ2n) is 9.13. The van der Waals surface area contributed by atoms with E-state index in [0.29, 0.717) is 32.7 Å². The van der Waals surface area contributed by atoms with E-state index in [1.807, 2.05) is 5.10 Å². The van der Waals surface area contributed by atoms with Gasteiger partial charge in [0.2, 0.25) is 6.43 Å². The van der Waals surface area contributed by atoms with Gasteiger partial charge in [0.1, 0.15) is 0 Å². The summed E-state index contributed by atoms with van der Waals surface area (Å²) >= 11 is 6.33. The van der Waals surface area contributed by atoms with Crippen molar-refractivity contribution < 1.29 is 31.5 Å². The van der Waals surface area contributed by atoms with E-state index < -0.39 is 42.6 Å². The second kappa shape index (κ2) is 12.3. The number of anilines is 1. The lowest BCUT2D eigenvalue weighted by atomic mass is 10.1. The normalized spacial score (nSPS) is 14.7. The Hall–Kier alpha value is -3.56. The van der Waals surface area contributed by atoms with Gasteiger partial charge in [-0.15, -0.1) is 0 Å². The van der Waals surface area contributed by atoms with Crippen molar-refractivity contribution in [1.82, 2.24) is 30.0 Å². The van der Waals surface area contributed by atoms with E-state index in [2.05, 4.69) is 25.3 Å². The van der Waals surface area contributed by atoms with E-state index >= 15 is 0 Å². The number of benzene rings is 1. The lowest BCUT2D eigenvalue weighted by Gasteiger charge is -2.34. The maximum Gasteiger partial charge on any atom is 0.435 e. The van der Waals surface area contributed by atoms with Crippen LogP contribution in [0.25, 0.3) is 0 Å². The first-order valence-electron chi connectivity index (χ1n) is 12.2. The minimum absolute atomic E-state index is 0.0816. The van der Waals surface area contributed by atoms with Crippen molar-refractivity contribution in [3.05, 3.63) is 63.5 Å². The molecule has 216 valence electrons. The number of piperazine rings is 1. The first kappa shape index (κ1) is 29.4. The molecule has 10 nitrogen and oxygen atoms in total. The van der Waals surface area contributed by atoms with Crippen LogP contribution in [-0.2, 0) is 19.0 Å². The third kappa shape index (κ3) is 6.95. The van der Waals surface area contributed by atoms with Crippen molar-refractivity contribution in [2.45, 2.75) is 25.4 Å². The first-order valence-corrected chi connectivity index (χ1v) is 12.6. The number of nitrogens with one attached hydrogen (secondary N) is 3. The number of carbonyl (C=O) groups excluding carboxylic acids is 2. The molecule has 1 aliphatic heterocycles. The Morgan fingerprint density at radius 2 is 1.90 bits per heavy atom. The molecule has 3 heterocycles. The van der Waals surface area contributed by atoms with Gasteiger partial charge >= 0.3 is 6.18 Å². The van der Waals surface area contributed by atoms with Crippen LogP contribution in [0.2, 0.25) is 5.02 Å². The van der Waals surface area contributed by atoms with Crippen molar-refractivity contribution >= 4 is 29.1 Å². The third-order valence-electron chi connectivity index (χ3n) is 6.35. The smallest absolute Gasteiger partial charge is 0.337 e. The number of H-pyrrole nitrogens is 2. The predicted molar refractivity (Wildman–Crippen MR) is 135 cm³/mol. The Labute approximate surface area is 230 Å². The van der Waals surface area contributed by atoms with E-state index in [0.717, 1.165) is 12.7 Å². The molecule has 0 unspecified atom stereocenters. The maximum atomic E-state index is 13.3. The van der Waals surface area contributed by atoms with Crippen molar-refractivity contribution in [3.63, 3.8) is 0 Å². The minimum Gasteiger partial charge on any atom is -0.337 e. The molecule has 1 saturated heterocycles. The highest BCUT2D eigenvalue weighted by Gasteiger charge is 2.38. The van der Waals surface area contributed by atoms with Gasteiger partial charge in [-0.3, -0.25) is 19.6 Å². The number of halogens is 6. The summed E-state index contributed by atoms with van der Waals surface area (Å²) in [5.41, 5.74) is 4.05. The lowest BCUT2D eigenvalue weighted by Crippen LogP contribution is -2.49. The van der Waals surface area contributed by atoms with Crippen LogP contribution in [0.3, 0.4) is 0 Å². The number of alkyl halides is 5. The number of amides is 2. The summed E-state index contributed by atoms with van der Waals surface area (Å²) in [7, 11) is 0. The largest absolute Gasteiger partial charge is 0.435 e. The fourth-order valence-electron chi connectivity index (χ4n) is 4.39. The fourth-order valence-corrected chi connectivity index (χ4v) is 4.65. The molecule has 2 aromatic heterocycles. The van der Waals surface area contributed by atoms with Crippen molar-refractivity contribution in [2.75, 3.05) is 44.6 Å². The van der Waals surface area contributed by atoms with E-state index in [-0.39, 0.29) is 39.4 Å². The first-order chi connectivity index (χ1) is 19.0. The highest BCUT2D eigenvalue weighted by molar-refractivity contribution is 6.34. The van der Waals surface area contributed by atoms with Crippen molar-refractivity contribution in [1.29, 1.82) is 0 Å². The number of nitrogens with zero attached hydrogens (tertiary/aromatic N) is 4. The van der Waals surface area contributed by atoms with Gasteiger partial charge in [0.25, 0.3) is 11.8 Å². The quantitative estimate of drug-likeness (QED) is 0.284. The Morgan fingerprint density at radius 1 is 1.18 bits per heavy atom. The summed E-state index contributed by atoms with van der Waals surface area (Å²) < 4.78 is 65.7. The highest BCUT2D eigenvalue weighted by atomic mass is 35.5. The Balaban J connectivity index is 1.42. The van der Waals surface area contributed by atoms with Crippen molar-refractivity contribution in [3.8, 4) is 0 Å². The Bertz CT molecular complexity index is 1350. The second-order valence-corrected chi connectivity index (χ2v) is 9.53. The van der Waals surface area contributed by atoms with Gasteiger partial charge in [-0.2, -0.15) is 18.3 Å². The summed E-state index contributed by atoms with van der Waals surface area (Å²) in [5, 5.41) is 7.87. The van der Waals surface area contributed by atoms with Gasteiger partial charge in [0.15, 0.2) is 11.5 Å². The van der Waals surface area contributed by atoms with E-state index in [1.54, 1.807) is 4.90 Å². The molecular formula is C24H26ClF5N8O2. The zero-order chi connectivity index (χ0) is 29.0. The van der Waals surface area contributed by atoms with Crippen LogP contribution in [-0.4, -0.2) is 87.5 Å². The predicted octanol–water partition coefficient (Wildman–Crippen LogP) is 3.17. The van der Waals surface area contributed by atoms with Crippen LogP contribution in [0, 0.1) is 0 Å². The molecule has 0 spiro atoms. The highest BCUT2D eigenvalue weighted by Crippen LogP contribution is 2.33. The molecule has 0 bridgehead atoms. The summed E-state index contributed by atoms with van der Waals surface area (Å²) in [5.74, 6) is -1.20. The van der Waals surface area contributed by atoms with Gasteiger partial charge in [-0.25, -0.2) is 13.8 Å². The Kier molecular flexibility index (Phi) is 9.05. The van der Waals surface area contributed by atoms with E-state index in [1.165, 1.54) is 18.2 Å². The Morgan fingerprint density at radius 3 is 2.52 bits per heavy atom. The SMILES string of the molecule is NCCN1CCN(C(=O)c2ccc(NC(=O)c3ncc(Cc4c(C(F)(F)F)n[nH]c4CC(F)F)[nH]3)cc2Cl)CC1. The van der Waals surface area contributed by atoms with Gasteiger partial charge < -0.3 is 20.9 Å². The molecule has 1 aromatic carbocycles. The van der Waals surface area contributed by atoms with Crippen molar-refractivity contribution in [2.24, 2.45) is 5.73 Å². The molecule has 1 aliphatic rings. The number of imidazole rings is 1. The van der Waals surface area contributed by atoms with Gasteiger partial charge in [0.05, 0.1) is 17.0 Å². The average Bonchev–Trinajstić information content (AvgIpc) is 3.52. The van der Waals surface area contributed by atoms with Gasteiger partial charge in [-0.1, -0.05) is 11.6 Å². The van der Waals surface area contributed by atoms with Crippen LogP contribution >= 0.6 is 11.6 Å². The molecule has 5 N–H and O–H groups in total. The molecule has 40 heavy (non-hydrogen) atoms. The molecule has 0 radical (unpaired) electrons. The third-order valence-corrected chi connectivity index (χ3v) is 6.67. The number of aromatic amines is 2. The molecule has 4 rings (SSSR count). The van der Waals surface area contributed by atoms with E-state index in [9.17, 15) is 31.5 Å². The summed E-state index contributed by atoms with van der Waals surface area (Å²) in [6.07, 6.45) is -8.02. The molecule has 0 aliphatic carbocycles. The van der Waals surface area contributed by atoms with Gasteiger partial charge in [-0.05, 0) is 18.2 Å². The number of aromatic nitrogens is 4. The van der Waals surface area contributed by atoms with Crippen LogP contribution in [0.15, 0.2) is 24.4 Å². The fraction of sp³-hybridized carbons (Fsp3) is 0.417. The molecule has 2 amide bonds. The van der Waals surface area contributed by atoms with Crippen LogP contribution in [0.4, 0.5) is 27.6 Å². The summed E-state index contributed by atoms with van der Waals surface area (Å²) in [6, 6.07) is 4.38.